The van der Waals surface area contributed by atoms with Crippen LogP contribution in [0.25, 0.3) is 0 Å². The maximum Gasteiger partial charge on any atom is 0.0625 e. The van der Waals surface area contributed by atoms with Crippen molar-refractivity contribution in [2.45, 2.75) is 72.1 Å². The number of likely N-dealkylation sites (tertiary alicyclic amines) is 1. The van der Waals surface area contributed by atoms with Crippen molar-refractivity contribution in [1.82, 2.24) is 20.0 Å². The molecule has 4 nitrogen and oxygen atoms in total. The minimum atomic E-state index is 0.574. The molecule has 1 saturated heterocycles. The highest BCUT2D eigenvalue weighted by Crippen LogP contribution is 2.20. The van der Waals surface area contributed by atoms with Crippen molar-refractivity contribution in [3.63, 3.8) is 0 Å². The van der Waals surface area contributed by atoms with Gasteiger partial charge in [0.2, 0.25) is 0 Å². The second-order valence-corrected chi connectivity index (χ2v) is 6.13. The van der Waals surface area contributed by atoms with E-state index in [9.17, 15) is 0 Å². The van der Waals surface area contributed by atoms with E-state index in [2.05, 4.69) is 53.8 Å². The highest BCUT2D eigenvalue weighted by molar-refractivity contribution is 5.11. The Morgan fingerprint density at radius 1 is 1.40 bits per heavy atom. The van der Waals surface area contributed by atoms with Gasteiger partial charge in [0, 0.05) is 31.7 Å². The number of hydrogen-bond donors (Lipinski definition) is 1. The van der Waals surface area contributed by atoms with Gasteiger partial charge >= 0.3 is 0 Å². The molecule has 0 aliphatic carbocycles. The van der Waals surface area contributed by atoms with Gasteiger partial charge < -0.3 is 5.32 Å². The Morgan fingerprint density at radius 2 is 2.20 bits per heavy atom. The van der Waals surface area contributed by atoms with Crippen LogP contribution in [0.15, 0.2) is 6.07 Å². The summed E-state index contributed by atoms with van der Waals surface area (Å²) in [6.07, 6.45) is 3.67. The van der Waals surface area contributed by atoms with Crippen LogP contribution in [0, 0.1) is 0 Å². The Morgan fingerprint density at radius 3 is 2.85 bits per heavy atom. The monoisotopic (exact) mass is 278 g/mol. The van der Waals surface area contributed by atoms with Crippen LogP contribution in [0.1, 0.15) is 51.9 Å². The van der Waals surface area contributed by atoms with Crippen molar-refractivity contribution in [3.05, 3.63) is 17.5 Å². The molecule has 1 unspecified atom stereocenters. The fourth-order valence-corrected chi connectivity index (χ4v) is 3.00. The zero-order valence-electron chi connectivity index (χ0n) is 13.5. The van der Waals surface area contributed by atoms with Crippen molar-refractivity contribution in [2.24, 2.45) is 0 Å². The lowest BCUT2D eigenvalue weighted by Crippen LogP contribution is -2.40. The number of rotatable bonds is 7. The molecule has 114 valence electrons. The van der Waals surface area contributed by atoms with E-state index in [0.717, 1.165) is 26.1 Å². The lowest BCUT2D eigenvalue weighted by Gasteiger charge is -2.25. The first kappa shape index (κ1) is 15.5. The van der Waals surface area contributed by atoms with Crippen LogP contribution in [0.4, 0.5) is 0 Å². The fraction of sp³-hybridized carbons (Fsp3) is 0.812. The minimum Gasteiger partial charge on any atom is -0.313 e. The molecule has 0 saturated carbocycles. The van der Waals surface area contributed by atoms with Crippen LogP contribution in [0.3, 0.4) is 0 Å². The third-order valence-electron chi connectivity index (χ3n) is 4.20. The predicted molar refractivity (Wildman–Crippen MR) is 83.8 cm³/mol. The van der Waals surface area contributed by atoms with E-state index in [1.807, 2.05) is 0 Å². The van der Waals surface area contributed by atoms with E-state index < -0.39 is 0 Å². The van der Waals surface area contributed by atoms with E-state index in [4.69, 9.17) is 0 Å². The quantitative estimate of drug-likeness (QED) is 0.831. The summed E-state index contributed by atoms with van der Waals surface area (Å²) in [4.78, 5) is 2.62. The van der Waals surface area contributed by atoms with Crippen molar-refractivity contribution < 1.29 is 0 Å². The third kappa shape index (κ3) is 3.83. The number of hydrogen-bond acceptors (Lipinski definition) is 3. The zero-order chi connectivity index (χ0) is 14.5. The van der Waals surface area contributed by atoms with Crippen LogP contribution in [-0.4, -0.2) is 39.9 Å². The van der Waals surface area contributed by atoms with E-state index in [-0.39, 0.29) is 0 Å². The van der Waals surface area contributed by atoms with Crippen LogP contribution in [0.5, 0.6) is 0 Å². The van der Waals surface area contributed by atoms with E-state index in [1.54, 1.807) is 0 Å². The van der Waals surface area contributed by atoms with Gasteiger partial charge in [0.1, 0.15) is 0 Å². The minimum absolute atomic E-state index is 0.574. The molecule has 0 radical (unpaired) electrons. The Hall–Kier alpha value is -0.870. The van der Waals surface area contributed by atoms with Gasteiger partial charge in [-0.25, -0.2) is 0 Å². The molecule has 0 aromatic carbocycles. The molecule has 0 spiro atoms. The Kier molecular flexibility index (Phi) is 5.61. The molecule has 1 fully saturated rings. The second-order valence-electron chi connectivity index (χ2n) is 6.13. The molecule has 2 heterocycles. The van der Waals surface area contributed by atoms with Gasteiger partial charge in [-0.3, -0.25) is 9.58 Å². The molecule has 0 bridgehead atoms. The van der Waals surface area contributed by atoms with Crippen LogP contribution in [-0.2, 0) is 19.5 Å². The number of aryl methyl sites for hydroxylation is 2. The summed E-state index contributed by atoms with van der Waals surface area (Å²) >= 11 is 0. The van der Waals surface area contributed by atoms with Crippen LogP contribution < -0.4 is 5.32 Å². The molecule has 0 amide bonds. The highest BCUT2D eigenvalue weighted by atomic mass is 15.3. The fourth-order valence-electron chi connectivity index (χ4n) is 3.00. The van der Waals surface area contributed by atoms with E-state index >= 15 is 0 Å². The van der Waals surface area contributed by atoms with E-state index in [0.29, 0.717) is 12.1 Å². The molecule has 1 aromatic rings. The number of nitrogens with zero attached hydrogens (tertiary/aromatic N) is 3. The molecule has 1 N–H and O–H groups in total. The largest absolute Gasteiger partial charge is 0.313 e. The number of aromatic nitrogens is 2. The van der Waals surface area contributed by atoms with Gasteiger partial charge in [0.05, 0.1) is 11.4 Å². The van der Waals surface area contributed by atoms with Crippen LogP contribution in [0.2, 0.25) is 0 Å². The molecule has 1 atom stereocenters. The first-order chi connectivity index (χ1) is 9.63. The predicted octanol–water partition coefficient (Wildman–Crippen LogP) is 2.43. The van der Waals surface area contributed by atoms with Gasteiger partial charge in [-0.15, -0.1) is 0 Å². The normalized spacial score (nSPS) is 20.1. The van der Waals surface area contributed by atoms with Gasteiger partial charge in [0.15, 0.2) is 0 Å². The molecule has 1 aliphatic rings. The average Bonchev–Trinajstić information content (AvgIpc) is 3.03. The molecule has 20 heavy (non-hydrogen) atoms. The molecule has 1 aliphatic heterocycles. The molecule has 4 heteroatoms. The summed E-state index contributed by atoms with van der Waals surface area (Å²) in [6, 6.07) is 3.54. The lowest BCUT2D eigenvalue weighted by atomic mass is 10.2. The van der Waals surface area contributed by atoms with Crippen molar-refractivity contribution in [1.29, 1.82) is 0 Å². The second kappa shape index (κ2) is 7.23. The SMILES string of the molecule is CCc1cc(CN2CCCC2CNC(C)C)n(CC)n1. The summed E-state index contributed by atoms with van der Waals surface area (Å²) in [5.74, 6) is 0. The summed E-state index contributed by atoms with van der Waals surface area (Å²) in [7, 11) is 0. The molecular formula is C16H30N4. The van der Waals surface area contributed by atoms with Crippen molar-refractivity contribution >= 4 is 0 Å². The maximum atomic E-state index is 4.66. The van der Waals surface area contributed by atoms with Crippen molar-refractivity contribution in [3.8, 4) is 0 Å². The number of nitrogens with one attached hydrogen (secondary N) is 1. The lowest BCUT2D eigenvalue weighted by molar-refractivity contribution is 0.229. The zero-order valence-corrected chi connectivity index (χ0v) is 13.5. The maximum absolute atomic E-state index is 4.66. The topological polar surface area (TPSA) is 33.1 Å². The summed E-state index contributed by atoms with van der Waals surface area (Å²) in [5, 5.41) is 8.25. The highest BCUT2D eigenvalue weighted by Gasteiger charge is 2.25. The molecule has 2 rings (SSSR count). The first-order valence-corrected chi connectivity index (χ1v) is 8.17. The smallest absolute Gasteiger partial charge is 0.0625 e. The van der Waals surface area contributed by atoms with Crippen molar-refractivity contribution in [2.75, 3.05) is 13.1 Å². The standard InChI is InChI=1S/C16H30N4/c1-5-14-10-16(20(6-2)18-14)12-19-9-7-8-15(19)11-17-13(3)4/h10,13,15,17H,5-9,11-12H2,1-4H3. The van der Waals surface area contributed by atoms with Gasteiger partial charge in [0.25, 0.3) is 0 Å². The van der Waals surface area contributed by atoms with Crippen LogP contribution >= 0.6 is 0 Å². The Labute approximate surface area is 123 Å². The van der Waals surface area contributed by atoms with E-state index in [1.165, 1.54) is 30.8 Å². The Balaban J connectivity index is 1.99. The first-order valence-electron chi connectivity index (χ1n) is 8.17. The van der Waals surface area contributed by atoms with Gasteiger partial charge in [-0.2, -0.15) is 5.10 Å². The summed E-state index contributed by atoms with van der Waals surface area (Å²) in [6.45, 7) is 13.1. The third-order valence-corrected chi connectivity index (χ3v) is 4.20. The Bertz CT molecular complexity index is 411. The summed E-state index contributed by atoms with van der Waals surface area (Å²) in [5.41, 5.74) is 2.60. The molecule has 1 aromatic heterocycles. The summed E-state index contributed by atoms with van der Waals surface area (Å²) < 4.78 is 2.17. The average molecular weight is 278 g/mol. The molecular weight excluding hydrogens is 248 g/mol. The van der Waals surface area contributed by atoms with Gasteiger partial charge in [-0.05, 0) is 38.8 Å². The van der Waals surface area contributed by atoms with Gasteiger partial charge in [-0.1, -0.05) is 20.8 Å².